The van der Waals surface area contributed by atoms with E-state index in [0.29, 0.717) is 11.8 Å². The Kier molecular flexibility index (Phi) is 1.39. The van der Waals surface area contributed by atoms with E-state index in [-0.39, 0.29) is 11.0 Å². The normalized spacial score (nSPS) is 62.5. The largest absolute Gasteiger partial charge is 0.393 e. The van der Waals surface area contributed by atoms with Crippen LogP contribution in [-0.2, 0) is 0 Å². The molecule has 0 aromatic rings. The van der Waals surface area contributed by atoms with E-state index in [1.807, 2.05) is 0 Å². The Morgan fingerprint density at radius 3 is 2.17 bits per heavy atom. The average molecular weight is 187 g/mol. The number of halogens is 1. The van der Waals surface area contributed by atoms with Crippen molar-refractivity contribution >= 4 is 11.6 Å². The lowest BCUT2D eigenvalue weighted by Gasteiger charge is -2.56. The molecule has 0 radical (unpaired) electrons. The molecule has 3 unspecified atom stereocenters. The van der Waals surface area contributed by atoms with E-state index in [1.54, 1.807) is 0 Å². The van der Waals surface area contributed by atoms with Crippen LogP contribution in [0.25, 0.3) is 0 Å². The Balaban J connectivity index is 1.95. The van der Waals surface area contributed by atoms with Crippen molar-refractivity contribution in [1.29, 1.82) is 0 Å². The van der Waals surface area contributed by atoms with Crippen molar-refractivity contribution in [3.05, 3.63) is 0 Å². The summed E-state index contributed by atoms with van der Waals surface area (Å²) >= 11 is 6.49. The first-order valence-electron chi connectivity index (χ1n) is 5.03. The highest BCUT2D eigenvalue weighted by atomic mass is 35.5. The number of hydrogen-bond donors (Lipinski definition) is 1. The number of hydrogen-bond acceptors (Lipinski definition) is 1. The minimum absolute atomic E-state index is 0.0200. The summed E-state index contributed by atoms with van der Waals surface area (Å²) in [5, 5.41) is 9.88. The molecule has 4 saturated carbocycles. The van der Waals surface area contributed by atoms with Crippen molar-refractivity contribution in [2.75, 3.05) is 0 Å². The highest BCUT2D eigenvalue weighted by molar-refractivity contribution is 6.24. The van der Waals surface area contributed by atoms with Crippen LogP contribution in [0.4, 0.5) is 0 Å². The summed E-state index contributed by atoms with van der Waals surface area (Å²) in [7, 11) is 0. The summed E-state index contributed by atoms with van der Waals surface area (Å²) in [6.07, 6.45) is 5.83. The highest BCUT2D eigenvalue weighted by Gasteiger charge is 2.54. The van der Waals surface area contributed by atoms with Gasteiger partial charge < -0.3 is 5.11 Å². The minimum atomic E-state index is -0.0200. The van der Waals surface area contributed by atoms with E-state index >= 15 is 0 Å². The lowest BCUT2D eigenvalue weighted by atomic mass is 9.54. The number of aliphatic hydroxyl groups is 1. The summed E-state index contributed by atoms with van der Waals surface area (Å²) in [6, 6.07) is 0. The van der Waals surface area contributed by atoms with Crippen LogP contribution in [0.15, 0.2) is 0 Å². The average Bonchev–Trinajstić information content (AvgIpc) is 1.96. The van der Waals surface area contributed by atoms with Gasteiger partial charge >= 0.3 is 0 Å². The van der Waals surface area contributed by atoms with E-state index in [0.717, 1.165) is 18.8 Å². The van der Waals surface area contributed by atoms with Crippen molar-refractivity contribution in [2.24, 2.45) is 17.8 Å². The van der Waals surface area contributed by atoms with Gasteiger partial charge in [0.1, 0.15) is 0 Å². The Bertz CT molecular complexity index is 200. The quantitative estimate of drug-likeness (QED) is 0.575. The van der Waals surface area contributed by atoms with Crippen molar-refractivity contribution in [1.82, 2.24) is 0 Å². The Labute approximate surface area is 78.1 Å². The first-order valence-corrected chi connectivity index (χ1v) is 5.41. The predicted molar refractivity (Wildman–Crippen MR) is 48.1 cm³/mol. The van der Waals surface area contributed by atoms with Gasteiger partial charge in [-0.05, 0) is 49.9 Å². The summed E-state index contributed by atoms with van der Waals surface area (Å²) < 4.78 is 0. The van der Waals surface area contributed by atoms with Crippen molar-refractivity contribution in [2.45, 2.75) is 43.1 Å². The fraction of sp³-hybridized carbons (Fsp3) is 1.00. The van der Waals surface area contributed by atoms with Crippen LogP contribution in [0.2, 0.25) is 0 Å². The van der Waals surface area contributed by atoms with Crippen molar-refractivity contribution in [3.63, 3.8) is 0 Å². The SMILES string of the molecule is OC1[C@@H]2CC3C[C@H]1CC(Cl)(C3)C2. The predicted octanol–water partition coefficient (Wildman–Crippen LogP) is 2.16. The van der Waals surface area contributed by atoms with Gasteiger partial charge in [0.2, 0.25) is 0 Å². The summed E-state index contributed by atoms with van der Waals surface area (Å²) in [4.78, 5) is 0.0930. The molecule has 0 aliphatic heterocycles. The lowest BCUT2D eigenvalue weighted by molar-refractivity contribution is -0.0831. The van der Waals surface area contributed by atoms with Crippen LogP contribution in [0.5, 0.6) is 0 Å². The molecule has 0 aromatic carbocycles. The molecule has 0 heterocycles. The van der Waals surface area contributed by atoms with Crippen LogP contribution in [0, 0.1) is 17.8 Å². The molecule has 4 aliphatic rings. The third-order valence-corrected chi connectivity index (χ3v) is 4.61. The second-order valence-electron chi connectivity index (χ2n) is 5.11. The number of rotatable bonds is 0. The zero-order chi connectivity index (χ0) is 8.34. The van der Waals surface area contributed by atoms with E-state index in [9.17, 15) is 5.11 Å². The topological polar surface area (TPSA) is 20.2 Å². The van der Waals surface area contributed by atoms with Crippen LogP contribution in [0.3, 0.4) is 0 Å². The zero-order valence-corrected chi connectivity index (χ0v) is 7.93. The molecule has 0 spiro atoms. The molecule has 1 N–H and O–H groups in total. The molecule has 0 aromatic heterocycles. The highest BCUT2D eigenvalue weighted by Crippen LogP contribution is 2.58. The summed E-state index contributed by atoms with van der Waals surface area (Å²) in [6.45, 7) is 0. The lowest BCUT2D eigenvalue weighted by Crippen LogP contribution is -2.54. The van der Waals surface area contributed by atoms with Crippen LogP contribution < -0.4 is 0 Å². The van der Waals surface area contributed by atoms with Gasteiger partial charge in [0.25, 0.3) is 0 Å². The molecule has 0 saturated heterocycles. The molecule has 4 bridgehead atoms. The van der Waals surface area contributed by atoms with Crippen LogP contribution in [0.1, 0.15) is 32.1 Å². The van der Waals surface area contributed by atoms with Gasteiger partial charge in [0.15, 0.2) is 0 Å². The van der Waals surface area contributed by atoms with E-state index < -0.39 is 0 Å². The molecule has 4 fully saturated rings. The van der Waals surface area contributed by atoms with Crippen molar-refractivity contribution < 1.29 is 5.11 Å². The van der Waals surface area contributed by atoms with Gasteiger partial charge in [0, 0.05) is 4.87 Å². The molecular weight excluding hydrogens is 172 g/mol. The molecule has 4 aliphatic carbocycles. The third kappa shape index (κ3) is 0.898. The van der Waals surface area contributed by atoms with E-state index in [4.69, 9.17) is 11.6 Å². The van der Waals surface area contributed by atoms with Gasteiger partial charge in [-0.25, -0.2) is 0 Å². The Morgan fingerprint density at radius 1 is 1.08 bits per heavy atom. The molecular formula is C10H15ClO. The fourth-order valence-electron chi connectivity index (χ4n) is 3.90. The van der Waals surface area contributed by atoms with Gasteiger partial charge in [-0.2, -0.15) is 0 Å². The summed E-state index contributed by atoms with van der Waals surface area (Å²) in [5.74, 6) is 1.91. The number of alkyl halides is 1. The molecule has 0 amide bonds. The maximum atomic E-state index is 9.88. The first-order chi connectivity index (χ1) is 5.66. The Morgan fingerprint density at radius 2 is 1.67 bits per heavy atom. The first kappa shape index (κ1) is 7.64. The fourth-order valence-corrected chi connectivity index (χ4v) is 4.51. The van der Waals surface area contributed by atoms with Crippen LogP contribution >= 0.6 is 11.6 Å². The maximum Gasteiger partial charge on any atom is 0.0598 e. The second kappa shape index (κ2) is 2.19. The van der Waals surface area contributed by atoms with E-state index in [2.05, 4.69) is 0 Å². The maximum absolute atomic E-state index is 9.88. The van der Waals surface area contributed by atoms with E-state index in [1.165, 1.54) is 19.3 Å². The number of aliphatic hydroxyl groups excluding tert-OH is 1. The van der Waals surface area contributed by atoms with Gasteiger partial charge in [-0.1, -0.05) is 0 Å². The zero-order valence-electron chi connectivity index (χ0n) is 7.17. The molecule has 5 atom stereocenters. The smallest absolute Gasteiger partial charge is 0.0598 e. The minimum Gasteiger partial charge on any atom is -0.393 e. The molecule has 12 heavy (non-hydrogen) atoms. The monoisotopic (exact) mass is 186 g/mol. The third-order valence-electron chi connectivity index (χ3n) is 4.15. The second-order valence-corrected chi connectivity index (χ2v) is 5.91. The van der Waals surface area contributed by atoms with Gasteiger partial charge in [0.05, 0.1) is 6.10 Å². The molecule has 1 nitrogen and oxygen atoms in total. The van der Waals surface area contributed by atoms with Gasteiger partial charge in [-0.3, -0.25) is 0 Å². The standard InChI is InChI=1S/C10H15ClO/c11-10-3-6-1-7(4-10)9(12)8(2-6)5-10/h6-9,12H,1-5H2/t6?,7-,8+,9?,10?. The Hall–Kier alpha value is 0.250. The molecule has 2 heteroatoms. The van der Waals surface area contributed by atoms with Crippen molar-refractivity contribution in [3.8, 4) is 0 Å². The van der Waals surface area contributed by atoms with Crippen LogP contribution in [-0.4, -0.2) is 16.1 Å². The molecule has 4 rings (SSSR count). The van der Waals surface area contributed by atoms with Gasteiger partial charge in [-0.15, -0.1) is 11.6 Å². The summed E-state index contributed by atoms with van der Waals surface area (Å²) in [5.41, 5.74) is 0. The molecule has 68 valence electrons.